The first-order chi connectivity index (χ1) is 10.3. The molecule has 0 spiro atoms. The van der Waals surface area contributed by atoms with Crippen LogP contribution < -0.4 is 5.32 Å². The highest BCUT2D eigenvalue weighted by Gasteiger charge is 2.31. The highest BCUT2D eigenvalue weighted by atomic mass is 35.5. The number of anilines is 1. The molecule has 0 bridgehead atoms. The van der Waals surface area contributed by atoms with E-state index in [2.05, 4.69) is 15.4 Å². The van der Waals surface area contributed by atoms with Gasteiger partial charge in [-0.3, -0.25) is 0 Å². The molecule has 21 heavy (non-hydrogen) atoms. The van der Waals surface area contributed by atoms with Gasteiger partial charge < -0.3 is 9.73 Å². The van der Waals surface area contributed by atoms with Crippen LogP contribution in [0.2, 0.25) is 5.02 Å². The smallest absolute Gasteiger partial charge is 0.222 e. The second-order valence-corrected chi connectivity index (χ2v) is 5.48. The first kappa shape index (κ1) is 12.5. The van der Waals surface area contributed by atoms with Gasteiger partial charge >= 0.3 is 0 Å². The Morgan fingerprint density at radius 2 is 2.10 bits per heavy atom. The number of nitrogens with zero attached hydrogens (tertiary/aromatic N) is 3. The molecule has 3 heterocycles. The Morgan fingerprint density at radius 3 is 2.86 bits per heavy atom. The van der Waals surface area contributed by atoms with Crippen molar-refractivity contribution in [2.24, 2.45) is 0 Å². The van der Waals surface area contributed by atoms with Crippen molar-refractivity contribution in [3.05, 3.63) is 65.3 Å². The monoisotopic (exact) mass is 300 g/mol. The molecule has 0 saturated carbocycles. The summed E-state index contributed by atoms with van der Waals surface area (Å²) in [6, 6.07) is 11.9. The number of hydrogen-bond donors (Lipinski definition) is 1. The molecule has 1 aromatic carbocycles. The second kappa shape index (κ2) is 4.93. The SMILES string of the molecule is Clc1ccc(C2CC(c3ccco3)n3ncnc3N2)cc1. The number of fused-ring (bicyclic) bond motifs is 1. The minimum Gasteiger partial charge on any atom is -0.467 e. The molecule has 1 N–H and O–H groups in total. The zero-order chi connectivity index (χ0) is 14.2. The van der Waals surface area contributed by atoms with E-state index in [0.717, 1.165) is 23.2 Å². The van der Waals surface area contributed by atoms with Crippen molar-refractivity contribution in [1.29, 1.82) is 0 Å². The van der Waals surface area contributed by atoms with Crippen LogP contribution in [0.1, 0.15) is 29.8 Å². The van der Waals surface area contributed by atoms with Gasteiger partial charge in [0.05, 0.1) is 12.3 Å². The summed E-state index contributed by atoms with van der Waals surface area (Å²) in [7, 11) is 0. The molecule has 2 aromatic heterocycles. The first-order valence-corrected chi connectivity index (χ1v) is 7.14. The standard InChI is InChI=1S/C15H13ClN4O/c16-11-5-3-10(4-6-11)12-8-13(14-2-1-7-21-14)20-15(19-12)17-9-18-20/h1-7,9,12-13H,8H2,(H,17,18,19). The highest BCUT2D eigenvalue weighted by Crippen LogP contribution is 2.37. The lowest BCUT2D eigenvalue weighted by atomic mass is 9.96. The van der Waals surface area contributed by atoms with Gasteiger partial charge in [-0.1, -0.05) is 23.7 Å². The predicted octanol–water partition coefficient (Wildman–Crippen LogP) is 3.67. The zero-order valence-corrected chi connectivity index (χ0v) is 11.9. The van der Waals surface area contributed by atoms with Gasteiger partial charge in [-0.15, -0.1) is 0 Å². The van der Waals surface area contributed by atoms with Crippen molar-refractivity contribution in [2.45, 2.75) is 18.5 Å². The van der Waals surface area contributed by atoms with Crippen LogP contribution in [0.4, 0.5) is 5.95 Å². The highest BCUT2D eigenvalue weighted by molar-refractivity contribution is 6.30. The average Bonchev–Trinajstić information content (AvgIpc) is 3.18. The van der Waals surface area contributed by atoms with Gasteiger partial charge in [-0.05, 0) is 29.8 Å². The number of hydrogen-bond acceptors (Lipinski definition) is 4. The number of rotatable bonds is 2. The van der Waals surface area contributed by atoms with Gasteiger partial charge in [0.15, 0.2) is 0 Å². The summed E-state index contributed by atoms with van der Waals surface area (Å²) in [4.78, 5) is 4.28. The van der Waals surface area contributed by atoms with Crippen molar-refractivity contribution >= 4 is 17.5 Å². The van der Waals surface area contributed by atoms with Crippen LogP contribution in [0.5, 0.6) is 0 Å². The zero-order valence-electron chi connectivity index (χ0n) is 11.1. The van der Waals surface area contributed by atoms with E-state index in [1.165, 1.54) is 5.56 Å². The molecule has 2 atom stereocenters. The minimum absolute atomic E-state index is 0.0411. The molecule has 0 saturated heterocycles. The number of halogens is 1. The maximum absolute atomic E-state index is 5.96. The van der Waals surface area contributed by atoms with Gasteiger partial charge in [0.25, 0.3) is 0 Å². The van der Waals surface area contributed by atoms with E-state index in [1.807, 2.05) is 41.1 Å². The fourth-order valence-electron chi connectivity index (χ4n) is 2.75. The molecule has 0 amide bonds. The van der Waals surface area contributed by atoms with Crippen LogP contribution >= 0.6 is 11.6 Å². The summed E-state index contributed by atoms with van der Waals surface area (Å²) in [6.07, 6.45) is 4.08. The van der Waals surface area contributed by atoms with E-state index in [4.69, 9.17) is 16.0 Å². The number of nitrogens with one attached hydrogen (secondary N) is 1. The summed E-state index contributed by atoms with van der Waals surface area (Å²) in [6.45, 7) is 0. The Bertz CT molecular complexity index is 735. The molecule has 1 aliphatic heterocycles. The lowest BCUT2D eigenvalue weighted by Gasteiger charge is -2.30. The Hall–Kier alpha value is -2.27. The van der Waals surface area contributed by atoms with E-state index < -0.39 is 0 Å². The van der Waals surface area contributed by atoms with E-state index in [1.54, 1.807) is 12.6 Å². The van der Waals surface area contributed by atoms with Crippen molar-refractivity contribution in [3.8, 4) is 0 Å². The van der Waals surface area contributed by atoms with Crippen LogP contribution in [0.25, 0.3) is 0 Å². The van der Waals surface area contributed by atoms with E-state index in [9.17, 15) is 0 Å². The molecular weight excluding hydrogens is 288 g/mol. The quantitative estimate of drug-likeness (QED) is 0.784. The lowest BCUT2D eigenvalue weighted by Crippen LogP contribution is -2.27. The molecule has 2 unspecified atom stereocenters. The fourth-order valence-corrected chi connectivity index (χ4v) is 2.88. The van der Waals surface area contributed by atoms with Gasteiger partial charge in [0.2, 0.25) is 5.95 Å². The molecule has 0 radical (unpaired) electrons. The molecule has 5 nitrogen and oxygen atoms in total. The maximum atomic E-state index is 5.96. The summed E-state index contributed by atoms with van der Waals surface area (Å²) >= 11 is 5.96. The second-order valence-electron chi connectivity index (χ2n) is 5.04. The van der Waals surface area contributed by atoms with Crippen LogP contribution in [0.15, 0.2) is 53.4 Å². The Labute approximate surface area is 126 Å². The summed E-state index contributed by atoms with van der Waals surface area (Å²) in [5.74, 6) is 1.64. The van der Waals surface area contributed by atoms with Gasteiger partial charge in [-0.2, -0.15) is 10.1 Å². The van der Waals surface area contributed by atoms with Gasteiger partial charge in [0.1, 0.15) is 18.1 Å². The average molecular weight is 301 g/mol. The van der Waals surface area contributed by atoms with Crippen molar-refractivity contribution in [3.63, 3.8) is 0 Å². The van der Waals surface area contributed by atoms with Gasteiger partial charge in [-0.25, -0.2) is 4.68 Å². The van der Waals surface area contributed by atoms with Crippen LogP contribution in [-0.2, 0) is 0 Å². The first-order valence-electron chi connectivity index (χ1n) is 6.76. The molecule has 106 valence electrons. The largest absolute Gasteiger partial charge is 0.467 e. The number of furan rings is 1. The Morgan fingerprint density at radius 1 is 1.24 bits per heavy atom. The maximum Gasteiger partial charge on any atom is 0.222 e. The predicted molar refractivity (Wildman–Crippen MR) is 79.3 cm³/mol. The molecule has 1 aliphatic rings. The van der Waals surface area contributed by atoms with Crippen molar-refractivity contribution < 1.29 is 4.42 Å². The van der Waals surface area contributed by atoms with Crippen LogP contribution in [0, 0.1) is 0 Å². The van der Waals surface area contributed by atoms with Crippen molar-refractivity contribution in [2.75, 3.05) is 5.32 Å². The lowest BCUT2D eigenvalue weighted by molar-refractivity contribution is 0.358. The van der Waals surface area contributed by atoms with Gasteiger partial charge in [0, 0.05) is 11.4 Å². The fraction of sp³-hybridized carbons (Fsp3) is 0.200. The third-order valence-electron chi connectivity index (χ3n) is 3.77. The third-order valence-corrected chi connectivity index (χ3v) is 4.03. The number of benzene rings is 1. The summed E-state index contributed by atoms with van der Waals surface area (Å²) < 4.78 is 7.43. The Balaban J connectivity index is 1.72. The minimum atomic E-state index is 0.0411. The van der Waals surface area contributed by atoms with E-state index >= 15 is 0 Å². The van der Waals surface area contributed by atoms with E-state index in [-0.39, 0.29) is 12.1 Å². The molecule has 3 aromatic rings. The molecule has 4 rings (SSSR count). The molecule has 0 fully saturated rings. The van der Waals surface area contributed by atoms with Crippen LogP contribution in [-0.4, -0.2) is 14.8 Å². The van der Waals surface area contributed by atoms with E-state index in [0.29, 0.717) is 0 Å². The molecule has 0 aliphatic carbocycles. The molecular formula is C15H13ClN4O. The van der Waals surface area contributed by atoms with Crippen LogP contribution in [0.3, 0.4) is 0 Å². The van der Waals surface area contributed by atoms with Crippen molar-refractivity contribution in [1.82, 2.24) is 14.8 Å². The normalized spacial score (nSPS) is 20.8. The molecule has 6 heteroatoms. The Kier molecular flexibility index (Phi) is 2.93. The summed E-state index contributed by atoms with van der Waals surface area (Å²) in [5.41, 5.74) is 1.17. The summed E-state index contributed by atoms with van der Waals surface area (Å²) in [5, 5.41) is 8.44. The number of aromatic nitrogens is 3. The third kappa shape index (κ3) is 2.19. The topological polar surface area (TPSA) is 55.9 Å².